The molecule has 0 radical (unpaired) electrons. The Morgan fingerprint density at radius 1 is 1.25 bits per heavy atom. The number of rotatable bonds is 6. The Bertz CT molecular complexity index is 474. The Morgan fingerprint density at radius 3 is 2.35 bits per heavy atom. The van der Waals surface area contributed by atoms with Gasteiger partial charge in [-0.15, -0.1) is 0 Å². The first kappa shape index (κ1) is 16.7. The summed E-state index contributed by atoms with van der Waals surface area (Å²) in [4.78, 5) is 29.1. The topological polar surface area (TPSA) is 59.5 Å². The fourth-order valence-corrected chi connectivity index (χ4v) is 2.12. The first-order valence-electron chi connectivity index (χ1n) is 6.25. The van der Waals surface area contributed by atoms with Crippen molar-refractivity contribution in [2.75, 3.05) is 19.7 Å². The van der Waals surface area contributed by atoms with E-state index in [1.54, 1.807) is 6.92 Å². The maximum atomic E-state index is 12.4. The third-order valence-electron chi connectivity index (χ3n) is 2.42. The number of amides is 1. The molecule has 1 aromatic rings. The van der Waals surface area contributed by atoms with Gasteiger partial charge in [-0.1, -0.05) is 30.1 Å². The second kappa shape index (κ2) is 8.07. The highest BCUT2D eigenvalue weighted by Gasteiger charge is 2.19. The Labute approximate surface area is 127 Å². The summed E-state index contributed by atoms with van der Waals surface area (Å²) in [6.07, 6.45) is 0.720. The van der Waals surface area contributed by atoms with Crippen molar-refractivity contribution in [2.24, 2.45) is 0 Å². The molecule has 0 saturated heterocycles. The highest BCUT2D eigenvalue weighted by Crippen LogP contribution is 2.16. The lowest BCUT2D eigenvalue weighted by atomic mass is 10.2. The van der Waals surface area contributed by atoms with E-state index in [0.717, 1.165) is 6.42 Å². The van der Waals surface area contributed by atoms with Gasteiger partial charge in [-0.05, 0) is 25.5 Å². The number of ether oxygens (including phenoxy) is 1. The van der Waals surface area contributed by atoms with E-state index in [1.165, 1.54) is 17.0 Å². The summed E-state index contributed by atoms with van der Waals surface area (Å²) >= 11 is 11.5. The molecule has 0 N–H and O–H groups in total. The molecule has 0 aliphatic rings. The number of esters is 1. The number of halogens is 2. The standard InChI is InChI=1S/C13H16Cl2N2O3/c1-3-5-17(8-12(18)20-4-2)13(19)9-6-10(14)16-11(15)7-9/h6-7H,3-5,8H2,1-2H3. The van der Waals surface area contributed by atoms with Crippen molar-refractivity contribution in [3.8, 4) is 0 Å². The van der Waals surface area contributed by atoms with Crippen molar-refractivity contribution in [1.29, 1.82) is 0 Å². The number of carbonyl (C=O) groups is 2. The van der Waals surface area contributed by atoms with E-state index in [4.69, 9.17) is 27.9 Å². The number of hydrogen-bond donors (Lipinski definition) is 0. The smallest absolute Gasteiger partial charge is 0.325 e. The van der Waals surface area contributed by atoms with E-state index in [2.05, 4.69) is 4.98 Å². The van der Waals surface area contributed by atoms with E-state index in [1.807, 2.05) is 6.92 Å². The van der Waals surface area contributed by atoms with Crippen LogP contribution in [0.4, 0.5) is 0 Å². The van der Waals surface area contributed by atoms with Crippen molar-refractivity contribution in [1.82, 2.24) is 9.88 Å². The SMILES string of the molecule is CCCN(CC(=O)OCC)C(=O)c1cc(Cl)nc(Cl)c1. The van der Waals surface area contributed by atoms with Crippen molar-refractivity contribution >= 4 is 35.1 Å². The lowest BCUT2D eigenvalue weighted by Crippen LogP contribution is -2.37. The van der Waals surface area contributed by atoms with Crippen LogP contribution < -0.4 is 0 Å². The number of carbonyl (C=O) groups excluding carboxylic acids is 2. The van der Waals surface area contributed by atoms with Gasteiger partial charge < -0.3 is 9.64 Å². The predicted molar refractivity (Wildman–Crippen MR) is 77.1 cm³/mol. The second-order valence-corrected chi connectivity index (χ2v) is 4.81. The minimum Gasteiger partial charge on any atom is -0.465 e. The van der Waals surface area contributed by atoms with Crippen LogP contribution in [0.15, 0.2) is 12.1 Å². The number of nitrogens with zero attached hydrogens (tertiary/aromatic N) is 2. The minimum atomic E-state index is -0.444. The molecule has 1 amide bonds. The lowest BCUT2D eigenvalue weighted by molar-refractivity contribution is -0.143. The first-order chi connectivity index (χ1) is 9.47. The van der Waals surface area contributed by atoms with Gasteiger partial charge >= 0.3 is 5.97 Å². The number of hydrogen-bond acceptors (Lipinski definition) is 4. The van der Waals surface area contributed by atoms with Crippen LogP contribution in [0.2, 0.25) is 10.3 Å². The summed E-state index contributed by atoms with van der Waals surface area (Å²) in [5, 5.41) is 0.266. The quantitative estimate of drug-likeness (QED) is 0.597. The van der Waals surface area contributed by atoms with E-state index >= 15 is 0 Å². The van der Waals surface area contributed by atoms with Crippen molar-refractivity contribution in [3.05, 3.63) is 28.0 Å². The highest BCUT2D eigenvalue weighted by atomic mass is 35.5. The largest absolute Gasteiger partial charge is 0.465 e. The van der Waals surface area contributed by atoms with Gasteiger partial charge in [-0.25, -0.2) is 4.98 Å². The predicted octanol–water partition coefficient (Wildman–Crippen LogP) is 2.80. The average molecular weight is 319 g/mol. The number of pyridine rings is 1. The molecule has 0 fully saturated rings. The van der Waals surface area contributed by atoms with Gasteiger partial charge in [0, 0.05) is 12.1 Å². The molecule has 1 heterocycles. The Hall–Kier alpha value is -1.33. The Morgan fingerprint density at radius 2 is 1.85 bits per heavy atom. The molecule has 0 bridgehead atoms. The van der Waals surface area contributed by atoms with Crippen molar-refractivity contribution in [3.63, 3.8) is 0 Å². The zero-order valence-corrected chi connectivity index (χ0v) is 12.9. The monoisotopic (exact) mass is 318 g/mol. The molecule has 0 unspecified atom stereocenters. The molecule has 7 heteroatoms. The summed E-state index contributed by atoms with van der Waals surface area (Å²) < 4.78 is 4.85. The van der Waals surface area contributed by atoms with Crippen LogP contribution in [0.3, 0.4) is 0 Å². The third kappa shape index (κ3) is 4.98. The lowest BCUT2D eigenvalue weighted by Gasteiger charge is -2.21. The summed E-state index contributed by atoms with van der Waals surface area (Å²) in [6.45, 7) is 4.25. The average Bonchev–Trinajstić information content (AvgIpc) is 2.36. The minimum absolute atomic E-state index is 0.0991. The molecule has 0 atom stereocenters. The summed E-state index contributed by atoms with van der Waals surface area (Å²) in [6, 6.07) is 2.84. The van der Waals surface area contributed by atoms with Gasteiger partial charge in [0.1, 0.15) is 16.9 Å². The summed E-state index contributed by atoms with van der Waals surface area (Å²) in [5.41, 5.74) is 0.299. The van der Waals surface area contributed by atoms with Crippen LogP contribution in [0.25, 0.3) is 0 Å². The number of aromatic nitrogens is 1. The van der Waals surface area contributed by atoms with Crippen molar-refractivity contribution < 1.29 is 14.3 Å². The summed E-state index contributed by atoms with van der Waals surface area (Å²) in [5.74, 6) is -0.772. The van der Waals surface area contributed by atoms with Crippen LogP contribution in [-0.4, -0.2) is 41.5 Å². The normalized spacial score (nSPS) is 10.2. The highest BCUT2D eigenvalue weighted by molar-refractivity contribution is 6.33. The van der Waals surface area contributed by atoms with E-state index < -0.39 is 5.97 Å². The third-order valence-corrected chi connectivity index (χ3v) is 2.80. The molecule has 5 nitrogen and oxygen atoms in total. The fourth-order valence-electron chi connectivity index (χ4n) is 1.66. The Balaban J connectivity index is 2.89. The van der Waals surface area contributed by atoms with Gasteiger partial charge in [0.25, 0.3) is 5.91 Å². The Kier molecular flexibility index (Phi) is 6.75. The molecule has 1 aromatic heterocycles. The zero-order chi connectivity index (χ0) is 15.1. The van der Waals surface area contributed by atoms with Crippen LogP contribution in [0.1, 0.15) is 30.6 Å². The molecule has 0 spiro atoms. The van der Waals surface area contributed by atoms with Crippen LogP contribution in [0, 0.1) is 0 Å². The molecule has 0 aromatic carbocycles. The van der Waals surface area contributed by atoms with E-state index in [9.17, 15) is 9.59 Å². The molecule has 0 saturated carbocycles. The van der Waals surface area contributed by atoms with E-state index in [-0.39, 0.29) is 29.4 Å². The maximum Gasteiger partial charge on any atom is 0.325 e. The van der Waals surface area contributed by atoms with Gasteiger partial charge in [0.15, 0.2) is 0 Å². The van der Waals surface area contributed by atoms with Gasteiger partial charge in [0.2, 0.25) is 0 Å². The molecule has 20 heavy (non-hydrogen) atoms. The molecule has 0 aliphatic carbocycles. The van der Waals surface area contributed by atoms with Gasteiger partial charge in [-0.2, -0.15) is 0 Å². The molecular weight excluding hydrogens is 303 g/mol. The van der Waals surface area contributed by atoms with E-state index in [0.29, 0.717) is 12.1 Å². The maximum absolute atomic E-state index is 12.4. The zero-order valence-electron chi connectivity index (χ0n) is 11.4. The molecule has 1 rings (SSSR count). The van der Waals surface area contributed by atoms with Crippen LogP contribution in [-0.2, 0) is 9.53 Å². The first-order valence-corrected chi connectivity index (χ1v) is 7.01. The molecular formula is C13H16Cl2N2O3. The summed E-state index contributed by atoms with van der Waals surface area (Å²) in [7, 11) is 0. The fraction of sp³-hybridized carbons (Fsp3) is 0.462. The molecule has 0 aliphatic heterocycles. The van der Waals surface area contributed by atoms with Gasteiger partial charge in [-0.3, -0.25) is 9.59 Å². The van der Waals surface area contributed by atoms with Crippen molar-refractivity contribution in [2.45, 2.75) is 20.3 Å². The second-order valence-electron chi connectivity index (χ2n) is 4.03. The van der Waals surface area contributed by atoms with Crippen LogP contribution >= 0.6 is 23.2 Å². The molecule has 110 valence electrons. The van der Waals surface area contributed by atoms with Crippen LogP contribution in [0.5, 0.6) is 0 Å². The van der Waals surface area contributed by atoms with Gasteiger partial charge in [0.05, 0.1) is 6.61 Å².